The summed E-state index contributed by atoms with van der Waals surface area (Å²) in [4.78, 5) is 39.3. The lowest BCUT2D eigenvalue weighted by Crippen LogP contribution is -2.32. The summed E-state index contributed by atoms with van der Waals surface area (Å²) in [6.07, 6.45) is 1.89. The number of carbonyl (C=O) groups excluding carboxylic acids is 2. The van der Waals surface area contributed by atoms with Crippen LogP contribution in [0.3, 0.4) is 0 Å². The summed E-state index contributed by atoms with van der Waals surface area (Å²) in [6, 6.07) is 24.9. The molecule has 0 radical (unpaired) electrons. The van der Waals surface area contributed by atoms with E-state index in [0.29, 0.717) is 12.2 Å². The predicted molar refractivity (Wildman–Crippen MR) is 134 cm³/mol. The molecule has 7 heteroatoms. The molecule has 1 heterocycles. The van der Waals surface area contributed by atoms with Gasteiger partial charge < -0.3 is 15.3 Å². The van der Waals surface area contributed by atoms with Gasteiger partial charge in [-0.2, -0.15) is 0 Å². The van der Waals surface area contributed by atoms with Crippen LogP contribution in [-0.4, -0.2) is 29.4 Å². The Morgan fingerprint density at radius 3 is 2.35 bits per heavy atom. The maximum atomic E-state index is 13.7. The van der Waals surface area contributed by atoms with Crippen molar-refractivity contribution in [2.45, 2.75) is 23.5 Å². The molecule has 3 aromatic rings. The van der Waals surface area contributed by atoms with Gasteiger partial charge in [0.1, 0.15) is 5.25 Å². The zero-order chi connectivity index (χ0) is 24.1. The zero-order valence-corrected chi connectivity index (χ0v) is 19.4. The highest BCUT2D eigenvalue weighted by atomic mass is 32.2. The van der Waals surface area contributed by atoms with E-state index in [2.05, 4.69) is 11.4 Å². The van der Waals surface area contributed by atoms with E-state index >= 15 is 0 Å². The van der Waals surface area contributed by atoms with Crippen LogP contribution in [0, 0.1) is 0 Å². The molecule has 6 nitrogen and oxygen atoms in total. The molecule has 3 aromatic carbocycles. The fraction of sp³-hybridized carbons (Fsp3) is 0.148. The minimum Gasteiger partial charge on any atom is -0.478 e. The van der Waals surface area contributed by atoms with Crippen molar-refractivity contribution in [1.82, 2.24) is 0 Å². The van der Waals surface area contributed by atoms with Gasteiger partial charge in [-0.05, 0) is 54.8 Å². The van der Waals surface area contributed by atoms with Gasteiger partial charge in [-0.15, -0.1) is 11.8 Å². The molecule has 0 aliphatic carbocycles. The summed E-state index contributed by atoms with van der Waals surface area (Å²) in [6.45, 7) is 2.03. The molecule has 172 valence electrons. The third kappa shape index (κ3) is 5.38. The zero-order valence-electron chi connectivity index (χ0n) is 18.6. The molecule has 1 aliphatic rings. The standard InChI is InChI=1S/C27H24N2O4S/c1-18(27(32)33)17-24(30)28-21-11-13-22(14-12-21)34-25(20-8-3-2-4-9-20)26(31)29-16-15-19-7-5-6-10-23(19)29/h2-14,17,25H,15-16H2,1H3,(H,28,30)(H,32,33)/b18-17-/t25-/m0/s1. The fourth-order valence-electron chi connectivity index (χ4n) is 3.79. The Labute approximate surface area is 202 Å². The number of hydrogen-bond donors (Lipinski definition) is 2. The number of hydrogen-bond acceptors (Lipinski definition) is 4. The number of para-hydroxylation sites is 1. The van der Waals surface area contributed by atoms with Gasteiger partial charge in [-0.3, -0.25) is 9.59 Å². The first-order valence-corrected chi connectivity index (χ1v) is 11.7. The van der Waals surface area contributed by atoms with Gasteiger partial charge in [-0.1, -0.05) is 48.5 Å². The van der Waals surface area contributed by atoms with Gasteiger partial charge in [-0.25, -0.2) is 4.79 Å². The summed E-state index contributed by atoms with van der Waals surface area (Å²) in [5.41, 5.74) is 3.57. The summed E-state index contributed by atoms with van der Waals surface area (Å²) in [5, 5.41) is 11.1. The Morgan fingerprint density at radius 2 is 1.65 bits per heavy atom. The van der Waals surface area contributed by atoms with Crippen LogP contribution in [-0.2, 0) is 20.8 Å². The van der Waals surface area contributed by atoms with Crippen LogP contribution in [0.15, 0.2) is 95.4 Å². The Hall–Kier alpha value is -3.84. The number of rotatable bonds is 7. The van der Waals surface area contributed by atoms with Crippen LogP contribution < -0.4 is 10.2 Å². The first-order chi connectivity index (χ1) is 16.4. The Kier molecular flexibility index (Phi) is 7.13. The molecule has 0 fully saturated rings. The van der Waals surface area contributed by atoms with Gasteiger partial charge in [0.2, 0.25) is 11.8 Å². The number of carboxylic acids is 1. The predicted octanol–water partition coefficient (Wildman–Crippen LogP) is 5.08. The first-order valence-electron chi connectivity index (χ1n) is 10.9. The van der Waals surface area contributed by atoms with E-state index in [1.165, 1.54) is 24.2 Å². The number of thioether (sulfide) groups is 1. The molecule has 0 bridgehead atoms. The number of nitrogens with one attached hydrogen (secondary N) is 1. The van der Waals surface area contributed by atoms with Crippen LogP contribution in [0.2, 0.25) is 0 Å². The summed E-state index contributed by atoms with van der Waals surface area (Å²) in [5.74, 6) is -1.61. The lowest BCUT2D eigenvalue weighted by molar-refractivity contribution is -0.132. The SMILES string of the molecule is C/C(=C/C(=O)Nc1ccc(S[C@H](C(=O)N2CCc3ccccc32)c2ccccc2)cc1)C(=O)O. The third-order valence-electron chi connectivity index (χ3n) is 5.54. The average molecular weight is 473 g/mol. The normalized spacial score (nSPS) is 13.8. The van der Waals surface area contributed by atoms with E-state index in [4.69, 9.17) is 5.11 Å². The van der Waals surface area contributed by atoms with Crippen molar-refractivity contribution in [3.63, 3.8) is 0 Å². The number of fused-ring (bicyclic) bond motifs is 1. The Balaban J connectivity index is 1.53. The highest BCUT2D eigenvalue weighted by molar-refractivity contribution is 8.00. The lowest BCUT2D eigenvalue weighted by atomic mass is 10.1. The summed E-state index contributed by atoms with van der Waals surface area (Å²) in [7, 11) is 0. The van der Waals surface area contributed by atoms with Crippen molar-refractivity contribution < 1.29 is 19.5 Å². The van der Waals surface area contributed by atoms with Gasteiger partial charge in [0.15, 0.2) is 0 Å². The second-order valence-electron chi connectivity index (χ2n) is 7.92. The molecule has 0 saturated heterocycles. The number of anilines is 2. The molecular formula is C27H24N2O4S. The molecule has 0 unspecified atom stereocenters. The summed E-state index contributed by atoms with van der Waals surface area (Å²) >= 11 is 1.46. The smallest absolute Gasteiger partial charge is 0.331 e. The van der Waals surface area contributed by atoms with Gasteiger partial charge in [0.05, 0.1) is 0 Å². The topological polar surface area (TPSA) is 86.7 Å². The molecule has 2 amide bonds. The monoisotopic (exact) mass is 472 g/mol. The highest BCUT2D eigenvalue weighted by Gasteiger charge is 2.31. The average Bonchev–Trinajstić information content (AvgIpc) is 3.28. The number of carboxylic acid groups (broad SMARTS) is 1. The fourth-order valence-corrected chi connectivity index (χ4v) is 4.87. The molecule has 1 atom stereocenters. The molecule has 0 saturated carbocycles. The third-order valence-corrected chi connectivity index (χ3v) is 6.79. The van der Waals surface area contributed by atoms with E-state index in [9.17, 15) is 14.4 Å². The molecule has 2 N–H and O–H groups in total. The van der Waals surface area contributed by atoms with Crippen LogP contribution in [0.25, 0.3) is 0 Å². The van der Waals surface area contributed by atoms with Crippen molar-refractivity contribution in [1.29, 1.82) is 0 Å². The lowest BCUT2D eigenvalue weighted by Gasteiger charge is -2.24. The number of nitrogens with zero attached hydrogens (tertiary/aromatic N) is 1. The van der Waals surface area contributed by atoms with Crippen molar-refractivity contribution in [3.05, 3.63) is 102 Å². The van der Waals surface area contributed by atoms with Crippen molar-refractivity contribution >= 4 is 40.9 Å². The van der Waals surface area contributed by atoms with E-state index in [0.717, 1.165) is 28.6 Å². The summed E-state index contributed by atoms with van der Waals surface area (Å²) < 4.78 is 0. The van der Waals surface area contributed by atoms with Crippen LogP contribution in [0.1, 0.15) is 23.3 Å². The maximum Gasteiger partial charge on any atom is 0.331 e. The van der Waals surface area contributed by atoms with E-state index in [1.807, 2.05) is 65.6 Å². The molecule has 0 aromatic heterocycles. The molecule has 0 spiro atoms. The number of benzene rings is 3. The molecule has 34 heavy (non-hydrogen) atoms. The largest absolute Gasteiger partial charge is 0.478 e. The quantitative estimate of drug-likeness (QED) is 0.370. The maximum absolute atomic E-state index is 13.7. The van der Waals surface area contributed by atoms with Crippen molar-refractivity contribution in [2.75, 3.05) is 16.8 Å². The molecular weight excluding hydrogens is 448 g/mol. The molecule has 1 aliphatic heterocycles. The van der Waals surface area contributed by atoms with Crippen LogP contribution in [0.4, 0.5) is 11.4 Å². The van der Waals surface area contributed by atoms with Crippen LogP contribution in [0.5, 0.6) is 0 Å². The molecule has 4 rings (SSSR count). The number of amides is 2. The minimum absolute atomic E-state index is 0.0350. The number of carbonyl (C=O) groups is 3. The van der Waals surface area contributed by atoms with Gasteiger partial charge >= 0.3 is 5.97 Å². The van der Waals surface area contributed by atoms with Crippen molar-refractivity contribution in [3.8, 4) is 0 Å². The number of aliphatic carboxylic acids is 1. The van der Waals surface area contributed by atoms with E-state index in [-0.39, 0.29) is 11.5 Å². The Bertz CT molecular complexity index is 1240. The highest BCUT2D eigenvalue weighted by Crippen LogP contribution is 2.40. The Morgan fingerprint density at radius 1 is 0.971 bits per heavy atom. The van der Waals surface area contributed by atoms with Crippen molar-refractivity contribution in [2.24, 2.45) is 0 Å². The second kappa shape index (κ2) is 10.4. The first kappa shape index (κ1) is 23.3. The van der Waals surface area contributed by atoms with Gasteiger partial charge in [0, 0.05) is 34.5 Å². The van der Waals surface area contributed by atoms with Crippen LogP contribution >= 0.6 is 11.8 Å². The second-order valence-corrected chi connectivity index (χ2v) is 9.10. The van der Waals surface area contributed by atoms with Gasteiger partial charge in [0.25, 0.3) is 0 Å². The van der Waals surface area contributed by atoms with E-state index in [1.54, 1.807) is 12.1 Å². The van der Waals surface area contributed by atoms with E-state index < -0.39 is 17.1 Å². The minimum atomic E-state index is -1.14.